The zero-order valence-corrected chi connectivity index (χ0v) is 9.81. The van der Waals surface area contributed by atoms with E-state index in [9.17, 15) is 10.1 Å². The molecule has 5 heteroatoms. The van der Waals surface area contributed by atoms with Gasteiger partial charge in [0.25, 0.3) is 5.69 Å². The van der Waals surface area contributed by atoms with Gasteiger partial charge in [0.15, 0.2) is 0 Å². The van der Waals surface area contributed by atoms with Crippen LogP contribution in [0.15, 0.2) is 18.2 Å². The Morgan fingerprint density at radius 2 is 2.06 bits per heavy atom. The van der Waals surface area contributed by atoms with Gasteiger partial charge in [-0.25, -0.2) is 0 Å². The highest BCUT2D eigenvalue weighted by Crippen LogP contribution is 2.24. The van der Waals surface area contributed by atoms with Gasteiger partial charge in [0.1, 0.15) is 11.9 Å². The van der Waals surface area contributed by atoms with Crippen LogP contribution in [-0.4, -0.2) is 24.1 Å². The first-order valence-electron chi connectivity index (χ1n) is 5.78. The molecule has 0 amide bonds. The summed E-state index contributed by atoms with van der Waals surface area (Å²) in [6, 6.07) is 4.89. The molecule has 0 aliphatic carbocycles. The van der Waals surface area contributed by atoms with Gasteiger partial charge in [0.2, 0.25) is 0 Å². The van der Waals surface area contributed by atoms with Crippen LogP contribution < -0.4 is 10.1 Å². The number of benzene rings is 1. The summed E-state index contributed by atoms with van der Waals surface area (Å²) in [4.78, 5) is 10.4. The van der Waals surface area contributed by atoms with Gasteiger partial charge in [0.05, 0.1) is 11.0 Å². The molecule has 0 unspecified atom stereocenters. The largest absolute Gasteiger partial charge is 0.490 e. The van der Waals surface area contributed by atoms with Gasteiger partial charge in [-0.1, -0.05) is 0 Å². The molecule has 0 radical (unpaired) electrons. The number of ether oxygens (including phenoxy) is 1. The van der Waals surface area contributed by atoms with E-state index in [1.165, 1.54) is 6.07 Å². The van der Waals surface area contributed by atoms with E-state index in [2.05, 4.69) is 5.32 Å². The molecule has 0 spiro atoms. The van der Waals surface area contributed by atoms with Crippen LogP contribution in [0.2, 0.25) is 0 Å². The molecule has 17 heavy (non-hydrogen) atoms. The smallest absolute Gasteiger partial charge is 0.273 e. The number of hydrogen-bond acceptors (Lipinski definition) is 4. The molecule has 1 aromatic carbocycles. The van der Waals surface area contributed by atoms with Crippen LogP contribution in [0.5, 0.6) is 5.75 Å². The third-order valence-electron chi connectivity index (χ3n) is 2.84. The molecule has 92 valence electrons. The molecule has 1 aromatic rings. The molecule has 0 atom stereocenters. The molecule has 1 fully saturated rings. The number of aryl methyl sites for hydroxylation is 1. The van der Waals surface area contributed by atoms with Crippen LogP contribution >= 0.6 is 0 Å². The normalized spacial score (nSPS) is 16.8. The predicted octanol–water partition coefficient (Wildman–Crippen LogP) is 2.03. The van der Waals surface area contributed by atoms with Crippen molar-refractivity contribution in [1.82, 2.24) is 5.32 Å². The topological polar surface area (TPSA) is 64.4 Å². The van der Waals surface area contributed by atoms with Crippen molar-refractivity contribution >= 4 is 5.69 Å². The monoisotopic (exact) mass is 236 g/mol. The molecular weight excluding hydrogens is 220 g/mol. The van der Waals surface area contributed by atoms with Crippen molar-refractivity contribution < 1.29 is 9.66 Å². The van der Waals surface area contributed by atoms with E-state index in [4.69, 9.17) is 4.74 Å². The van der Waals surface area contributed by atoms with Crippen LogP contribution in [0.4, 0.5) is 5.69 Å². The summed E-state index contributed by atoms with van der Waals surface area (Å²) in [6.45, 7) is 3.72. The fourth-order valence-electron chi connectivity index (χ4n) is 2.01. The average Bonchev–Trinajstić information content (AvgIpc) is 2.29. The predicted molar refractivity (Wildman–Crippen MR) is 64.4 cm³/mol. The molecule has 0 saturated carbocycles. The van der Waals surface area contributed by atoms with Gasteiger partial charge < -0.3 is 10.1 Å². The standard InChI is InChI=1S/C12H16N2O3/c1-9-6-10(14(15)16)8-12(7-9)17-11-2-4-13-5-3-11/h6-8,11,13H,2-5H2,1H3. The van der Waals surface area contributed by atoms with Gasteiger partial charge in [-0.2, -0.15) is 0 Å². The first kappa shape index (κ1) is 11.9. The Hall–Kier alpha value is -1.62. The molecule has 1 aliphatic heterocycles. The quantitative estimate of drug-likeness (QED) is 0.644. The molecule has 0 aromatic heterocycles. The van der Waals surface area contributed by atoms with Crippen molar-refractivity contribution in [2.45, 2.75) is 25.9 Å². The number of hydrogen-bond donors (Lipinski definition) is 1. The first-order valence-corrected chi connectivity index (χ1v) is 5.78. The zero-order valence-electron chi connectivity index (χ0n) is 9.81. The summed E-state index contributed by atoms with van der Waals surface area (Å²) < 4.78 is 5.78. The van der Waals surface area contributed by atoms with E-state index in [0.717, 1.165) is 31.5 Å². The Morgan fingerprint density at radius 3 is 2.71 bits per heavy atom. The zero-order chi connectivity index (χ0) is 12.3. The lowest BCUT2D eigenvalue weighted by molar-refractivity contribution is -0.385. The Labute approximate surface area is 99.9 Å². The lowest BCUT2D eigenvalue weighted by Crippen LogP contribution is -2.34. The van der Waals surface area contributed by atoms with E-state index in [0.29, 0.717) is 5.75 Å². The van der Waals surface area contributed by atoms with Crippen LogP contribution in [0, 0.1) is 17.0 Å². The number of piperidine rings is 1. The number of nitro groups is 1. The molecule has 1 heterocycles. The maximum absolute atomic E-state index is 10.7. The fourth-order valence-corrected chi connectivity index (χ4v) is 2.01. The second-order valence-corrected chi connectivity index (χ2v) is 4.33. The van der Waals surface area contributed by atoms with Gasteiger partial charge in [-0.3, -0.25) is 10.1 Å². The van der Waals surface area contributed by atoms with Crippen LogP contribution in [0.25, 0.3) is 0 Å². The second-order valence-electron chi connectivity index (χ2n) is 4.33. The Balaban J connectivity index is 2.11. The van der Waals surface area contributed by atoms with Crippen molar-refractivity contribution in [1.29, 1.82) is 0 Å². The third-order valence-corrected chi connectivity index (χ3v) is 2.84. The SMILES string of the molecule is Cc1cc(OC2CCNCC2)cc([N+](=O)[O-])c1. The van der Waals surface area contributed by atoms with Gasteiger partial charge in [-0.05, 0) is 44.5 Å². The fraction of sp³-hybridized carbons (Fsp3) is 0.500. The van der Waals surface area contributed by atoms with Crippen LogP contribution in [0.3, 0.4) is 0 Å². The van der Waals surface area contributed by atoms with E-state index < -0.39 is 0 Å². The Morgan fingerprint density at radius 1 is 1.35 bits per heavy atom. The highest BCUT2D eigenvalue weighted by molar-refractivity contribution is 5.42. The van der Waals surface area contributed by atoms with Crippen molar-refractivity contribution in [3.05, 3.63) is 33.9 Å². The lowest BCUT2D eigenvalue weighted by atomic mass is 10.1. The third kappa shape index (κ3) is 3.17. The van der Waals surface area contributed by atoms with Crippen molar-refractivity contribution in [3.63, 3.8) is 0 Å². The number of nitrogens with one attached hydrogen (secondary N) is 1. The van der Waals surface area contributed by atoms with Gasteiger partial charge >= 0.3 is 0 Å². The number of nitrogens with zero attached hydrogens (tertiary/aromatic N) is 1. The minimum Gasteiger partial charge on any atom is -0.490 e. The second kappa shape index (κ2) is 5.14. The minimum absolute atomic E-state index is 0.0916. The van der Waals surface area contributed by atoms with Gasteiger partial charge in [0, 0.05) is 6.07 Å². The molecule has 5 nitrogen and oxygen atoms in total. The van der Waals surface area contributed by atoms with Crippen molar-refractivity contribution in [2.75, 3.05) is 13.1 Å². The Bertz CT molecular complexity index is 414. The maximum atomic E-state index is 10.7. The van der Waals surface area contributed by atoms with Gasteiger partial charge in [-0.15, -0.1) is 0 Å². The van der Waals surface area contributed by atoms with Crippen LogP contribution in [-0.2, 0) is 0 Å². The van der Waals surface area contributed by atoms with E-state index in [1.807, 2.05) is 13.0 Å². The summed E-state index contributed by atoms with van der Waals surface area (Å²) in [7, 11) is 0. The molecule has 2 rings (SSSR count). The highest BCUT2D eigenvalue weighted by Gasteiger charge is 2.16. The van der Waals surface area contributed by atoms with E-state index in [1.54, 1.807) is 6.07 Å². The van der Waals surface area contributed by atoms with E-state index >= 15 is 0 Å². The summed E-state index contributed by atoms with van der Waals surface area (Å²) in [5.74, 6) is 0.601. The summed E-state index contributed by atoms with van der Waals surface area (Å²) in [5, 5.41) is 14.0. The molecule has 1 aliphatic rings. The summed E-state index contributed by atoms with van der Waals surface area (Å²) >= 11 is 0. The maximum Gasteiger partial charge on any atom is 0.273 e. The van der Waals surface area contributed by atoms with Crippen molar-refractivity contribution in [2.24, 2.45) is 0 Å². The summed E-state index contributed by atoms with van der Waals surface area (Å²) in [5.41, 5.74) is 0.942. The van der Waals surface area contributed by atoms with E-state index in [-0.39, 0.29) is 16.7 Å². The average molecular weight is 236 g/mol. The molecule has 1 saturated heterocycles. The lowest BCUT2D eigenvalue weighted by Gasteiger charge is -2.23. The summed E-state index contributed by atoms with van der Waals surface area (Å²) in [6.07, 6.45) is 2.06. The molecular formula is C12H16N2O3. The molecule has 1 N–H and O–H groups in total. The molecule has 0 bridgehead atoms. The Kier molecular flexibility index (Phi) is 3.58. The first-order chi connectivity index (χ1) is 8.15. The van der Waals surface area contributed by atoms with Crippen molar-refractivity contribution in [3.8, 4) is 5.75 Å². The van der Waals surface area contributed by atoms with Crippen LogP contribution in [0.1, 0.15) is 18.4 Å². The number of nitro benzene ring substituents is 1. The highest BCUT2D eigenvalue weighted by atomic mass is 16.6. The number of rotatable bonds is 3. The minimum atomic E-state index is -0.387. The number of non-ortho nitro benzene ring substituents is 1.